The highest BCUT2D eigenvalue weighted by molar-refractivity contribution is 7.89. The highest BCUT2D eigenvalue weighted by Crippen LogP contribution is 2.33. The molecule has 1 heterocycles. The summed E-state index contributed by atoms with van der Waals surface area (Å²) in [5, 5.41) is 4.01. The van der Waals surface area contributed by atoms with E-state index in [1.165, 1.54) is 31.8 Å². The van der Waals surface area contributed by atoms with Crippen LogP contribution in [0.4, 0.5) is 0 Å². The van der Waals surface area contributed by atoms with Crippen LogP contribution in [-0.2, 0) is 14.8 Å². The summed E-state index contributed by atoms with van der Waals surface area (Å²) in [6, 6.07) is 10.2. The fourth-order valence-corrected chi connectivity index (χ4v) is 4.98. The molecule has 0 bridgehead atoms. The second-order valence-electron chi connectivity index (χ2n) is 7.74. The molecule has 0 aromatic heterocycles. The van der Waals surface area contributed by atoms with Gasteiger partial charge in [0.2, 0.25) is 10.0 Å². The van der Waals surface area contributed by atoms with E-state index in [0.717, 1.165) is 5.56 Å². The number of ether oxygens (including phenoxy) is 3. The Labute approximate surface area is 200 Å². The highest BCUT2D eigenvalue weighted by Gasteiger charge is 2.29. The molecular weight excluding hydrogens is 460 g/mol. The topological polar surface area (TPSA) is 110 Å². The van der Waals surface area contributed by atoms with Crippen LogP contribution < -0.4 is 19.6 Å². The molecule has 184 valence electrons. The third-order valence-corrected chi connectivity index (χ3v) is 7.40. The molecule has 2 aromatic rings. The number of carbonyl (C=O) groups is 1. The summed E-state index contributed by atoms with van der Waals surface area (Å²) in [6.45, 7) is 3.55. The normalized spacial score (nSPS) is 15.3. The van der Waals surface area contributed by atoms with Gasteiger partial charge in [0.05, 0.1) is 39.0 Å². The average Bonchev–Trinajstić information content (AvgIpc) is 2.84. The van der Waals surface area contributed by atoms with E-state index in [1.54, 1.807) is 36.4 Å². The van der Waals surface area contributed by atoms with Crippen LogP contribution in [0.1, 0.15) is 11.1 Å². The second kappa shape index (κ2) is 11.3. The molecule has 1 aliphatic heterocycles. The molecule has 0 unspecified atom stereocenters. The number of nitrogens with zero attached hydrogens (tertiary/aromatic N) is 3. The van der Waals surface area contributed by atoms with Gasteiger partial charge in [0.25, 0.3) is 5.91 Å². The lowest BCUT2D eigenvalue weighted by molar-refractivity contribution is -0.122. The third kappa shape index (κ3) is 6.04. The van der Waals surface area contributed by atoms with E-state index in [-0.39, 0.29) is 17.3 Å². The molecule has 11 heteroatoms. The number of benzene rings is 2. The van der Waals surface area contributed by atoms with Crippen LogP contribution >= 0.6 is 0 Å². The van der Waals surface area contributed by atoms with Crippen molar-refractivity contribution in [1.29, 1.82) is 0 Å². The van der Waals surface area contributed by atoms with Gasteiger partial charge in [-0.15, -0.1) is 0 Å². The Morgan fingerprint density at radius 1 is 0.971 bits per heavy atom. The summed E-state index contributed by atoms with van der Waals surface area (Å²) < 4.78 is 43.0. The molecule has 3 rings (SSSR count). The van der Waals surface area contributed by atoms with Gasteiger partial charge in [-0.1, -0.05) is 17.7 Å². The molecule has 1 fully saturated rings. The van der Waals surface area contributed by atoms with Crippen LogP contribution in [0.3, 0.4) is 0 Å². The van der Waals surface area contributed by atoms with E-state index < -0.39 is 10.0 Å². The summed E-state index contributed by atoms with van der Waals surface area (Å²) in [5.41, 5.74) is 4.11. The summed E-state index contributed by atoms with van der Waals surface area (Å²) in [6.07, 6.45) is 1.46. The van der Waals surface area contributed by atoms with Gasteiger partial charge in [-0.25, -0.2) is 13.8 Å². The Balaban J connectivity index is 1.53. The maximum Gasteiger partial charge on any atom is 0.254 e. The number of carbonyl (C=O) groups excluding carboxylic acids is 1. The highest BCUT2D eigenvalue weighted by atomic mass is 32.2. The number of amides is 1. The van der Waals surface area contributed by atoms with E-state index in [0.29, 0.717) is 49.0 Å². The maximum absolute atomic E-state index is 12.8. The van der Waals surface area contributed by atoms with Crippen molar-refractivity contribution in [1.82, 2.24) is 14.6 Å². The van der Waals surface area contributed by atoms with E-state index in [1.807, 2.05) is 11.8 Å². The zero-order chi connectivity index (χ0) is 24.7. The van der Waals surface area contributed by atoms with Crippen molar-refractivity contribution in [3.05, 3.63) is 47.5 Å². The van der Waals surface area contributed by atoms with Crippen LogP contribution in [0.2, 0.25) is 0 Å². The molecule has 34 heavy (non-hydrogen) atoms. The molecule has 1 amide bonds. The van der Waals surface area contributed by atoms with Crippen molar-refractivity contribution in [3.8, 4) is 17.2 Å². The summed E-state index contributed by atoms with van der Waals surface area (Å²) in [5.74, 6) is 1.24. The minimum Gasteiger partial charge on any atom is -0.496 e. The predicted octanol–water partition coefficient (Wildman–Crippen LogP) is 1.48. The number of sulfonamides is 1. The molecule has 2 aromatic carbocycles. The first-order chi connectivity index (χ1) is 16.3. The molecule has 1 aliphatic rings. The Morgan fingerprint density at radius 3 is 2.15 bits per heavy atom. The Hall–Kier alpha value is -3.15. The van der Waals surface area contributed by atoms with Crippen LogP contribution in [0, 0.1) is 6.92 Å². The van der Waals surface area contributed by atoms with Crippen LogP contribution in [0.15, 0.2) is 46.4 Å². The smallest absolute Gasteiger partial charge is 0.254 e. The number of rotatable bonds is 9. The average molecular weight is 491 g/mol. The molecule has 0 atom stereocenters. The summed E-state index contributed by atoms with van der Waals surface area (Å²) in [7, 11) is 1.04. The Kier molecular flexibility index (Phi) is 8.48. The lowest BCUT2D eigenvalue weighted by atomic mass is 10.2. The number of hydrazone groups is 1. The molecule has 10 nitrogen and oxygen atoms in total. The largest absolute Gasteiger partial charge is 0.496 e. The number of hydrogen-bond acceptors (Lipinski definition) is 8. The van der Waals surface area contributed by atoms with Crippen molar-refractivity contribution in [2.45, 2.75) is 11.8 Å². The number of nitrogens with one attached hydrogen (secondary N) is 1. The third-order valence-electron chi connectivity index (χ3n) is 5.49. The van der Waals surface area contributed by atoms with Crippen LogP contribution in [-0.4, -0.2) is 83.8 Å². The zero-order valence-electron chi connectivity index (χ0n) is 19.8. The number of piperazine rings is 1. The summed E-state index contributed by atoms with van der Waals surface area (Å²) >= 11 is 0. The van der Waals surface area contributed by atoms with Crippen molar-refractivity contribution < 1.29 is 27.4 Å². The minimum atomic E-state index is -3.54. The van der Waals surface area contributed by atoms with Gasteiger partial charge in [0.1, 0.15) is 5.75 Å². The van der Waals surface area contributed by atoms with E-state index >= 15 is 0 Å². The zero-order valence-corrected chi connectivity index (χ0v) is 20.6. The molecule has 0 radical (unpaired) electrons. The Morgan fingerprint density at radius 2 is 1.56 bits per heavy atom. The Bertz CT molecular complexity index is 1130. The fraction of sp³-hybridized carbons (Fsp3) is 0.391. The number of methoxy groups -OCH3 is 3. The van der Waals surface area contributed by atoms with Crippen molar-refractivity contribution >= 4 is 22.1 Å². The maximum atomic E-state index is 12.8. The van der Waals surface area contributed by atoms with Gasteiger partial charge in [-0.2, -0.15) is 9.41 Å². The van der Waals surface area contributed by atoms with Gasteiger partial charge < -0.3 is 14.2 Å². The lowest BCUT2D eigenvalue weighted by Gasteiger charge is -2.33. The molecule has 0 saturated carbocycles. The minimum absolute atomic E-state index is 0.110. The van der Waals surface area contributed by atoms with Gasteiger partial charge in [0.15, 0.2) is 11.5 Å². The van der Waals surface area contributed by atoms with Gasteiger partial charge in [0, 0.05) is 37.8 Å². The van der Waals surface area contributed by atoms with E-state index in [4.69, 9.17) is 14.2 Å². The van der Waals surface area contributed by atoms with E-state index in [2.05, 4.69) is 10.5 Å². The predicted molar refractivity (Wildman–Crippen MR) is 128 cm³/mol. The van der Waals surface area contributed by atoms with Crippen LogP contribution in [0.5, 0.6) is 17.2 Å². The van der Waals surface area contributed by atoms with Gasteiger partial charge in [-0.3, -0.25) is 9.69 Å². The van der Waals surface area contributed by atoms with Crippen molar-refractivity contribution in [2.75, 3.05) is 54.1 Å². The molecular formula is C23H30N4O6S. The first-order valence-corrected chi connectivity index (χ1v) is 12.1. The van der Waals surface area contributed by atoms with Crippen molar-refractivity contribution in [3.63, 3.8) is 0 Å². The van der Waals surface area contributed by atoms with Crippen molar-refractivity contribution in [2.24, 2.45) is 5.10 Å². The molecule has 0 spiro atoms. The monoisotopic (exact) mass is 490 g/mol. The van der Waals surface area contributed by atoms with Gasteiger partial charge in [-0.05, 0) is 25.1 Å². The molecule has 1 saturated heterocycles. The fourth-order valence-electron chi connectivity index (χ4n) is 3.55. The first kappa shape index (κ1) is 25.5. The lowest BCUT2D eigenvalue weighted by Crippen LogP contribution is -2.50. The van der Waals surface area contributed by atoms with Crippen LogP contribution in [0.25, 0.3) is 0 Å². The number of aryl methyl sites for hydroxylation is 1. The SMILES string of the molecule is COc1cc(OC)c(OC)cc1C=NNC(=O)CN1CCN(S(=O)(=O)c2ccc(C)cc2)CC1. The quantitative estimate of drug-likeness (QED) is 0.419. The number of hydrogen-bond donors (Lipinski definition) is 1. The van der Waals surface area contributed by atoms with E-state index in [9.17, 15) is 13.2 Å². The van der Waals surface area contributed by atoms with Gasteiger partial charge >= 0.3 is 0 Å². The molecule has 0 aliphatic carbocycles. The molecule has 1 N–H and O–H groups in total. The standard InChI is InChI=1S/C23H30N4O6S/c1-17-5-7-19(8-6-17)34(29,30)27-11-9-26(10-12-27)16-23(28)25-24-15-18-13-21(32-3)22(33-4)14-20(18)31-2/h5-8,13-15H,9-12,16H2,1-4H3,(H,25,28). The first-order valence-electron chi connectivity index (χ1n) is 10.7. The second-order valence-corrected chi connectivity index (χ2v) is 9.67. The summed E-state index contributed by atoms with van der Waals surface area (Å²) in [4.78, 5) is 14.5.